The largest absolute Gasteiger partial charge is 0.394 e. The van der Waals surface area contributed by atoms with E-state index in [9.17, 15) is 9.50 Å². The van der Waals surface area contributed by atoms with E-state index in [1.807, 2.05) is 18.4 Å². The molecule has 102 valence electrons. The van der Waals surface area contributed by atoms with Gasteiger partial charge in [0.2, 0.25) is 0 Å². The van der Waals surface area contributed by atoms with Crippen LogP contribution in [0.4, 0.5) is 4.39 Å². The third-order valence-corrected chi connectivity index (χ3v) is 4.03. The molecule has 2 aromatic rings. The van der Waals surface area contributed by atoms with Crippen LogP contribution < -0.4 is 5.32 Å². The summed E-state index contributed by atoms with van der Waals surface area (Å²) in [5.41, 5.74) is 1.84. The Balaban J connectivity index is 2.13. The van der Waals surface area contributed by atoms with Gasteiger partial charge in [-0.25, -0.2) is 4.39 Å². The van der Waals surface area contributed by atoms with E-state index in [-0.39, 0.29) is 23.7 Å². The summed E-state index contributed by atoms with van der Waals surface area (Å²) in [6, 6.07) is 6.38. The molecule has 0 radical (unpaired) electrons. The molecule has 0 fully saturated rings. The predicted octanol–water partition coefficient (Wildman–Crippen LogP) is 3.92. The van der Waals surface area contributed by atoms with Gasteiger partial charge in [-0.2, -0.15) is 11.3 Å². The van der Waals surface area contributed by atoms with Crippen molar-refractivity contribution in [2.24, 2.45) is 0 Å². The van der Waals surface area contributed by atoms with E-state index in [0.717, 1.165) is 5.56 Å². The van der Waals surface area contributed by atoms with Gasteiger partial charge in [0.1, 0.15) is 5.82 Å². The van der Waals surface area contributed by atoms with Crippen LogP contribution in [-0.2, 0) is 0 Å². The van der Waals surface area contributed by atoms with Crippen LogP contribution in [0, 0.1) is 5.82 Å². The standard InChI is InChI=1S/C14H15ClFNOS/c1-9(11-4-5-19-8-11)17-14(7-18)10-2-3-12(15)13(16)6-10/h2-6,8-9,14,17-18H,7H2,1H3. The summed E-state index contributed by atoms with van der Waals surface area (Å²) in [6.07, 6.45) is 0. The van der Waals surface area contributed by atoms with Gasteiger partial charge in [0.25, 0.3) is 0 Å². The van der Waals surface area contributed by atoms with E-state index in [1.165, 1.54) is 12.1 Å². The van der Waals surface area contributed by atoms with Gasteiger partial charge in [-0.1, -0.05) is 17.7 Å². The Morgan fingerprint density at radius 3 is 2.74 bits per heavy atom. The third-order valence-electron chi connectivity index (χ3n) is 3.02. The molecule has 0 spiro atoms. The van der Waals surface area contributed by atoms with E-state index in [4.69, 9.17) is 11.6 Å². The normalized spacial score (nSPS) is 14.3. The molecule has 2 atom stereocenters. The van der Waals surface area contributed by atoms with Crippen molar-refractivity contribution in [3.8, 4) is 0 Å². The van der Waals surface area contributed by atoms with Crippen LogP contribution in [0.15, 0.2) is 35.0 Å². The third kappa shape index (κ3) is 3.54. The minimum absolute atomic E-state index is 0.0853. The molecule has 0 aliphatic rings. The highest BCUT2D eigenvalue weighted by Gasteiger charge is 2.16. The van der Waals surface area contributed by atoms with Gasteiger partial charge >= 0.3 is 0 Å². The van der Waals surface area contributed by atoms with E-state index in [2.05, 4.69) is 10.7 Å². The molecule has 1 aromatic carbocycles. The maximum absolute atomic E-state index is 13.4. The second-order valence-electron chi connectivity index (χ2n) is 4.35. The summed E-state index contributed by atoms with van der Waals surface area (Å²) in [7, 11) is 0. The Bertz CT molecular complexity index is 532. The van der Waals surface area contributed by atoms with Gasteiger partial charge in [0.05, 0.1) is 17.7 Å². The topological polar surface area (TPSA) is 32.3 Å². The van der Waals surface area contributed by atoms with Crippen molar-refractivity contribution in [1.82, 2.24) is 5.32 Å². The fourth-order valence-corrected chi connectivity index (χ4v) is 2.77. The van der Waals surface area contributed by atoms with Crippen molar-refractivity contribution in [3.63, 3.8) is 0 Å². The molecule has 2 N–H and O–H groups in total. The van der Waals surface area contributed by atoms with Crippen LogP contribution in [0.2, 0.25) is 5.02 Å². The van der Waals surface area contributed by atoms with Crippen LogP contribution in [-0.4, -0.2) is 11.7 Å². The van der Waals surface area contributed by atoms with Crippen LogP contribution in [0.25, 0.3) is 0 Å². The highest BCUT2D eigenvalue weighted by atomic mass is 35.5. The monoisotopic (exact) mass is 299 g/mol. The van der Waals surface area contributed by atoms with Gasteiger partial charge < -0.3 is 10.4 Å². The van der Waals surface area contributed by atoms with Crippen molar-refractivity contribution >= 4 is 22.9 Å². The number of rotatable bonds is 5. The van der Waals surface area contributed by atoms with E-state index >= 15 is 0 Å². The zero-order chi connectivity index (χ0) is 13.8. The van der Waals surface area contributed by atoms with E-state index < -0.39 is 5.82 Å². The predicted molar refractivity (Wildman–Crippen MR) is 77.1 cm³/mol. The maximum atomic E-state index is 13.4. The second-order valence-corrected chi connectivity index (χ2v) is 5.54. The molecule has 5 heteroatoms. The van der Waals surface area contributed by atoms with Crippen molar-refractivity contribution in [2.45, 2.75) is 19.0 Å². The number of hydrogen-bond acceptors (Lipinski definition) is 3. The van der Waals surface area contributed by atoms with E-state index in [0.29, 0.717) is 5.56 Å². The summed E-state index contributed by atoms with van der Waals surface area (Å²) >= 11 is 7.28. The summed E-state index contributed by atoms with van der Waals surface area (Å²) in [4.78, 5) is 0. The maximum Gasteiger partial charge on any atom is 0.142 e. The Hall–Kier alpha value is -0.940. The first kappa shape index (κ1) is 14.5. The minimum Gasteiger partial charge on any atom is -0.394 e. The number of thiophene rings is 1. The molecule has 19 heavy (non-hydrogen) atoms. The van der Waals surface area contributed by atoms with Gasteiger partial charge in [-0.3, -0.25) is 0 Å². The zero-order valence-electron chi connectivity index (χ0n) is 10.4. The second kappa shape index (κ2) is 6.48. The highest BCUT2D eigenvalue weighted by molar-refractivity contribution is 7.07. The van der Waals surface area contributed by atoms with Crippen molar-refractivity contribution in [2.75, 3.05) is 6.61 Å². The Morgan fingerprint density at radius 2 is 2.16 bits per heavy atom. The first-order valence-electron chi connectivity index (χ1n) is 5.95. The lowest BCUT2D eigenvalue weighted by atomic mass is 10.0. The van der Waals surface area contributed by atoms with Crippen LogP contribution in [0.5, 0.6) is 0 Å². The molecule has 2 unspecified atom stereocenters. The van der Waals surface area contributed by atoms with Crippen molar-refractivity contribution in [1.29, 1.82) is 0 Å². The zero-order valence-corrected chi connectivity index (χ0v) is 12.0. The number of hydrogen-bond donors (Lipinski definition) is 2. The average molecular weight is 300 g/mol. The highest BCUT2D eigenvalue weighted by Crippen LogP contribution is 2.24. The minimum atomic E-state index is -0.470. The molecule has 0 aliphatic carbocycles. The number of benzene rings is 1. The number of nitrogens with one attached hydrogen (secondary N) is 1. The quantitative estimate of drug-likeness (QED) is 0.877. The fourth-order valence-electron chi connectivity index (χ4n) is 1.90. The lowest BCUT2D eigenvalue weighted by Gasteiger charge is -2.22. The number of aliphatic hydroxyl groups is 1. The molecule has 0 saturated heterocycles. The molecular formula is C14H15ClFNOS. The Kier molecular flexibility index (Phi) is 4.93. The molecule has 2 rings (SSSR count). The lowest BCUT2D eigenvalue weighted by Crippen LogP contribution is -2.27. The summed E-state index contributed by atoms with van der Waals surface area (Å²) < 4.78 is 13.4. The summed E-state index contributed by atoms with van der Waals surface area (Å²) in [5.74, 6) is -0.470. The molecule has 2 nitrogen and oxygen atoms in total. The SMILES string of the molecule is CC(NC(CO)c1ccc(Cl)c(F)c1)c1ccsc1. The van der Waals surface area contributed by atoms with E-state index in [1.54, 1.807) is 17.4 Å². The molecule has 0 aliphatic heterocycles. The average Bonchev–Trinajstić information content (AvgIpc) is 2.93. The van der Waals surface area contributed by atoms with Crippen LogP contribution in [0.3, 0.4) is 0 Å². The molecule has 1 heterocycles. The molecule has 0 saturated carbocycles. The summed E-state index contributed by atoms with van der Waals surface area (Å²) in [6.45, 7) is 1.91. The van der Waals surface area contributed by atoms with Crippen molar-refractivity contribution in [3.05, 3.63) is 57.0 Å². The van der Waals surface area contributed by atoms with Gasteiger partial charge in [0.15, 0.2) is 0 Å². The fraction of sp³-hybridized carbons (Fsp3) is 0.286. The molecule has 0 amide bonds. The first-order valence-corrected chi connectivity index (χ1v) is 7.28. The Labute approximate surface area is 120 Å². The lowest BCUT2D eigenvalue weighted by molar-refractivity contribution is 0.235. The smallest absolute Gasteiger partial charge is 0.142 e. The Morgan fingerprint density at radius 1 is 1.37 bits per heavy atom. The number of aliphatic hydroxyl groups excluding tert-OH is 1. The summed E-state index contributed by atoms with van der Waals surface area (Å²) in [5, 5.41) is 16.9. The van der Waals surface area contributed by atoms with Gasteiger partial charge in [-0.05, 0) is 47.0 Å². The van der Waals surface area contributed by atoms with Crippen LogP contribution >= 0.6 is 22.9 Å². The molecule has 0 bridgehead atoms. The molecule has 1 aromatic heterocycles. The first-order chi connectivity index (χ1) is 9.11. The van der Waals surface area contributed by atoms with Gasteiger partial charge in [0, 0.05) is 6.04 Å². The van der Waals surface area contributed by atoms with Gasteiger partial charge in [-0.15, -0.1) is 0 Å². The number of halogens is 2. The van der Waals surface area contributed by atoms with Crippen molar-refractivity contribution < 1.29 is 9.50 Å². The van der Waals surface area contributed by atoms with Crippen LogP contribution in [0.1, 0.15) is 30.1 Å². The molecular weight excluding hydrogens is 285 g/mol.